The Labute approximate surface area is 62.6 Å². The molecule has 0 aromatic rings. The topological polar surface area (TPSA) is 0 Å². The molecule has 1 fully saturated rings. The van der Waals surface area contributed by atoms with Gasteiger partial charge in [-0.05, 0) is 42.2 Å². The highest BCUT2D eigenvalue weighted by Gasteiger charge is 2.39. The van der Waals surface area contributed by atoms with E-state index in [-0.39, 0.29) is 0 Å². The molecule has 0 aromatic carbocycles. The largest absolute Gasteiger partial charge is 0.126 e. The van der Waals surface area contributed by atoms with Gasteiger partial charge in [0.25, 0.3) is 0 Å². The van der Waals surface area contributed by atoms with Crippen LogP contribution >= 0.6 is 0 Å². The predicted molar refractivity (Wildman–Crippen MR) is 42.7 cm³/mol. The van der Waals surface area contributed by atoms with Crippen molar-refractivity contribution >= 4 is 0 Å². The van der Waals surface area contributed by atoms with Gasteiger partial charge in [0, 0.05) is 0 Å². The summed E-state index contributed by atoms with van der Waals surface area (Å²) in [5.74, 6) is 0.920. The Morgan fingerprint density at radius 3 is 3.00 bits per heavy atom. The van der Waals surface area contributed by atoms with Crippen LogP contribution in [-0.4, -0.2) is 0 Å². The van der Waals surface area contributed by atoms with Gasteiger partial charge in [0.2, 0.25) is 0 Å². The first kappa shape index (κ1) is 6.24. The summed E-state index contributed by atoms with van der Waals surface area (Å²) in [6.45, 7) is 4.72. The Morgan fingerprint density at radius 1 is 1.60 bits per heavy atom. The van der Waals surface area contributed by atoms with E-state index in [1.165, 1.54) is 19.3 Å². The van der Waals surface area contributed by atoms with Crippen LogP contribution in [0.15, 0.2) is 17.4 Å². The average Bonchev–Trinajstić information content (AvgIpc) is 2.17. The lowest BCUT2D eigenvalue weighted by Gasteiger charge is -2.28. The van der Waals surface area contributed by atoms with Crippen molar-refractivity contribution in [3.63, 3.8) is 0 Å². The van der Waals surface area contributed by atoms with Crippen LogP contribution < -0.4 is 0 Å². The van der Waals surface area contributed by atoms with Crippen LogP contribution in [-0.2, 0) is 0 Å². The van der Waals surface area contributed by atoms with Crippen LogP contribution in [0.25, 0.3) is 0 Å². The van der Waals surface area contributed by atoms with Gasteiger partial charge < -0.3 is 0 Å². The van der Waals surface area contributed by atoms with Crippen molar-refractivity contribution in [2.45, 2.75) is 33.1 Å². The zero-order valence-electron chi connectivity index (χ0n) is 6.78. The van der Waals surface area contributed by atoms with Crippen molar-refractivity contribution in [3.8, 4) is 0 Å². The summed E-state index contributed by atoms with van der Waals surface area (Å²) < 4.78 is 0. The van der Waals surface area contributed by atoms with Gasteiger partial charge in [-0.25, -0.2) is 0 Å². The van der Waals surface area contributed by atoms with Crippen molar-refractivity contribution in [1.82, 2.24) is 0 Å². The van der Waals surface area contributed by atoms with E-state index in [0.29, 0.717) is 5.41 Å². The Hall–Kier alpha value is -0.480. The molecule has 0 aliphatic heterocycles. The van der Waals surface area contributed by atoms with Crippen LogP contribution in [0.5, 0.6) is 0 Å². The molecule has 2 rings (SSSR count). The lowest BCUT2D eigenvalue weighted by atomic mass is 9.75. The zero-order chi connectivity index (χ0) is 7.19. The first-order valence-electron chi connectivity index (χ1n) is 4.16. The van der Waals surface area contributed by atoms with Crippen molar-refractivity contribution < 1.29 is 0 Å². The quantitative estimate of drug-likeness (QED) is 0.447. The minimum absolute atomic E-state index is 0.481. The van der Waals surface area contributed by atoms with Gasteiger partial charge in [-0.2, -0.15) is 0 Å². The number of rotatable bonds is 0. The maximum atomic E-state index is 3.39. The summed E-state index contributed by atoms with van der Waals surface area (Å²) in [6.07, 6.45) is 6.18. The van der Waals surface area contributed by atoms with E-state index in [2.05, 4.69) is 25.7 Å². The fourth-order valence-corrected chi connectivity index (χ4v) is 2.24. The van der Waals surface area contributed by atoms with E-state index in [4.69, 9.17) is 0 Å². The highest BCUT2D eigenvalue weighted by atomic mass is 14.4. The highest BCUT2D eigenvalue weighted by Crippen LogP contribution is 2.49. The second-order valence-electron chi connectivity index (χ2n) is 4.02. The lowest BCUT2D eigenvalue weighted by Crippen LogP contribution is -2.19. The molecule has 0 aromatic heterocycles. The zero-order valence-corrected chi connectivity index (χ0v) is 6.78. The highest BCUT2D eigenvalue weighted by molar-refractivity contribution is 5.22. The maximum Gasteiger partial charge on any atom is -0.00374 e. The molecule has 0 radical (unpaired) electrons. The molecule has 0 heteroatoms. The van der Waals surface area contributed by atoms with Gasteiger partial charge in [-0.1, -0.05) is 13.8 Å². The van der Waals surface area contributed by atoms with Gasteiger partial charge in [0.1, 0.15) is 0 Å². The molecule has 54 valence electrons. The fraction of sp³-hybridized carbons (Fsp3) is 0.700. The Bertz CT molecular complexity index is 214. The molecule has 2 bridgehead atoms. The summed E-state index contributed by atoms with van der Waals surface area (Å²) in [4.78, 5) is 0. The normalized spacial score (nSPS) is 34.2. The van der Waals surface area contributed by atoms with E-state index in [0.717, 1.165) is 5.92 Å². The van der Waals surface area contributed by atoms with Gasteiger partial charge in [0.15, 0.2) is 0 Å². The van der Waals surface area contributed by atoms with Crippen molar-refractivity contribution in [1.29, 1.82) is 0 Å². The summed E-state index contributed by atoms with van der Waals surface area (Å²) >= 11 is 0. The number of fused-ring (bicyclic) bond motifs is 2. The molecule has 10 heavy (non-hydrogen) atoms. The molecule has 1 atom stereocenters. The summed E-state index contributed by atoms with van der Waals surface area (Å²) in [5.41, 5.74) is 5.43. The molecular weight excluding hydrogens is 120 g/mol. The van der Waals surface area contributed by atoms with E-state index in [1.54, 1.807) is 5.57 Å². The van der Waals surface area contributed by atoms with Crippen LogP contribution in [0.1, 0.15) is 33.1 Å². The minimum Gasteiger partial charge on any atom is -0.126 e. The van der Waals surface area contributed by atoms with E-state index in [9.17, 15) is 0 Å². The monoisotopic (exact) mass is 134 g/mol. The molecular formula is C10H14. The molecule has 0 spiro atoms. The SMILES string of the molecule is CC1(C)C2=C=CC[C@@H]1CC2. The summed E-state index contributed by atoms with van der Waals surface area (Å²) in [7, 11) is 0. The third-order valence-electron chi connectivity index (χ3n) is 3.22. The molecule has 0 unspecified atom stereocenters. The number of hydrogen-bond donors (Lipinski definition) is 0. The van der Waals surface area contributed by atoms with Crippen LogP contribution in [0.2, 0.25) is 0 Å². The van der Waals surface area contributed by atoms with Crippen LogP contribution in [0.4, 0.5) is 0 Å². The first-order chi connectivity index (χ1) is 4.71. The molecule has 0 heterocycles. The summed E-state index contributed by atoms with van der Waals surface area (Å²) in [6, 6.07) is 0. The van der Waals surface area contributed by atoms with Crippen molar-refractivity contribution in [2.24, 2.45) is 11.3 Å². The third-order valence-corrected chi connectivity index (χ3v) is 3.22. The molecule has 0 nitrogen and oxygen atoms in total. The Balaban J connectivity index is 2.49. The third kappa shape index (κ3) is 0.630. The molecule has 2 aliphatic rings. The van der Waals surface area contributed by atoms with Gasteiger partial charge in [-0.3, -0.25) is 0 Å². The number of allylic oxidation sites excluding steroid dienone is 1. The molecule has 0 N–H and O–H groups in total. The number of hydrogen-bond acceptors (Lipinski definition) is 0. The van der Waals surface area contributed by atoms with Gasteiger partial charge in [0.05, 0.1) is 0 Å². The lowest BCUT2D eigenvalue weighted by molar-refractivity contribution is 0.303. The van der Waals surface area contributed by atoms with Crippen molar-refractivity contribution in [3.05, 3.63) is 17.4 Å². The second kappa shape index (κ2) is 1.77. The smallest absolute Gasteiger partial charge is 0.00374 e. The molecule has 0 saturated heterocycles. The van der Waals surface area contributed by atoms with E-state index < -0.39 is 0 Å². The van der Waals surface area contributed by atoms with E-state index in [1.807, 2.05) is 0 Å². The van der Waals surface area contributed by atoms with Crippen LogP contribution in [0.3, 0.4) is 0 Å². The summed E-state index contributed by atoms with van der Waals surface area (Å²) in [5, 5.41) is 0. The van der Waals surface area contributed by atoms with Gasteiger partial charge in [-0.15, -0.1) is 5.73 Å². The van der Waals surface area contributed by atoms with E-state index >= 15 is 0 Å². The standard InChI is InChI=1S/C10H14/c1-10(2)8-4-3-5-9(10)7-6-8/h3,8H,4,6-7H2,1-2H3/t8-/m1/s1. The first-order valence-corrected chi connectivity index (χ1v) is 4.16. The second-order valence-corrected chi connectivity index (χ2v) is 4.02. The predicted octanol–water partition coefficient (Wildman–Crippen LogP) is 2.91. The van der Waals surface area contributed by atoms with Crippen LogP contribution in [0, 0.1) is 11.3 Å². The van der Waals surface area contributed by atoms with Crippen molar-refractivity contribution in [2.75, 3.05) is 0 Å². The molecule has 2 aliphatic carbocycles. The maximum absolute atomic E-state index is 3.39. The average molecular weight is 134 g/mol. The molecule has 0 amide bonds. The Morgan fingerprint density at radius 2 is 2.40 bits per heavy atom. The fourth-order valence-electron chi connectivity index (χ4n) is 2.24. The van der Waals surface area contributed by atoms with Gasteiger partial charge >= 0.3 is 0 Å². The molecule has 1 saturated carbocycles. The minimum atomic E-state index is 0.481. The Kier molecular flexibility index (Phi) is 1.10.